The first-order chi connectivity index (χ1) is 15.5. The van der Waals surface area contributed by atoms with Gasteiger partial charge in [0.2, 0.25) is 0 Å². The number of aliphatic hydroxyl groups excluding tert-OH is 1. The highest BCUT2D eigenvalue weighted by molar-refractivity contribution is 6.33. The van der Waals surface area contributed by atoms with Crippen molar-refractivity contribution in [1.82, 2.24) is 15.0 Å². The summed E-state index contributed by atoms with van der Waals surface area (Å²) >= 11 is 6.50. The predicted molar refractivity (Wildman–Crippen MR) is 121 cm³/mol. The molecular formula is C24H20ClN3O4. The number of hydrogen-bond acceptors (Lipinski definition) is 6. The molecule has 0 aliphatic carbocycles. The number of H-pyrrole nitrogens is 1. The fourth-order valence-corrected chi connectivity index (χ4v) is 4.06. The predicted octanol–water partition coefficient (Wildman–Crippen LogP) is 4.04. The molecule has 1 aliphatic rings. The highest BCUT2D eigenvalue weighted by atomic mass is 35.5. The molecule has 2 aromatic carbocycles. The molecule has 3 atom stereocenters. The molecular weight excluding hydrogens is 430 g/mol. The summed E-state index contributed by atoms with van der Waals surface area (Å²) in [5, 5.41) is 10.7. The molecule has 7 nitrogen and oxygen atoms in total. The molecule has 2 N–H and O–H groups in total. The number of hydrogen-bond donors (Lipinski definition) is 2. The van der Waals surface area contributed by atoms with Gasteiger partial charge in [-0.15, -0.1) is 0 Å². The Hall–Kier alpha value is -3.26. The number of pyridine rings is 1. The summed E-state index contributed by atoms with van der Waals surface area (Å²) in [5.41, 5.74) is 4.74. The maximum atomic E-state index is 11.5. The minimum Gasteiger partial charge on any atom is -0.456 e. The van der Waals surface area contributed by atoms with E-state index >= 15 is 0 Å². The van der Waals surface area contributed by atoms with Crippen molar-refractivity contribution < 1.29 is 19.4 Å². The Balaban J connectivity index is 1.40. The van der Waals surface area contributed by atoms with E-state index in [0.29, 0.717) is 21.9 Å². The molecule has 1 fully saturated rings. The number of ether oxygens (including phenoxy) is 2. The molecule has 8 heteroatoms. The monoisotopic (exact) mass is 449 g/mol. The van der Waals surface area contributed by atoms with Crippen molar-refractivity contribution in [2.24, 2.45) is 0 Å². The van der Waals surface area contributed by atoms with Crippen LogP contribution in [0.15, 0.2) is 60.7 Å². The summed E-state index contributed by atoms with van der Waals surface area (Å²) in [5.74, 6) is -0.246. The molecule has 1 aliphatic heterocycles. The number of carbonyl (C=O) groups excluding carboxylic acids is 1. The number of benzene rings is 2. The van der Waals surface area contributed by atoms with Crippen molar-refractivity contribution in [3.05, 3.63) is 65.7 Å². The number of rotatable bonds is 5. The lowest BCUT2D eigenvalue weighted by Gasteiger charge is -2.15. The summed E-state index contributed by atoms with van der Waals surface area (Å²) in [6.45, 7) is 1.47. The molecule has 4 aromatic rings. The lowest BCUT2D eigenvalue weighted by atomic mass is 10.0. The summed E-state index contributed by atoms with van der Waals surface area (Å²) in [6, 6.07) is 20.0. The lowest BCUT2D eigenvalue weighted by Crippen LogP contribution is -2.37. The van der Waals surface area contributed by atoms with E-state index in [-0.39, 0.29) is 18.4 Å². The van der Waals surface area contributed by atoms with Crippen LogP contribution < -0.4 is 4.74 Å². The van der Waals surface area contributed by atoms with Crippen LogP contribution >= 0.6 is 11.6 Å². The van der Waals surface area contributed by atoms with Crippen LogP contribution in [0.2, 0.25) is 5.02 Å². The number of Topliss-reactive ketones (excluding diaryl/α,β-unsaturated/α-hetero) is 1. The number of nitrogens with one attached hydrogen (secondary N) is 1. The maximum Gasteiger partial charge on any atom is 0.296 e. The van der Waals surface area contributed by atoms with Gasteiger partial charge in [-0.2, -0.15) is 4.98 Å². The van der Waals surface area contributed by atoms with Crippen LogP contribution in [0.5, 0.6) is 6.01 Å². The molecule has 0 amide bonds. The second kappa shape index (κ2) is 8.35. The first-order valence-electron chi connectivity index (χ1n) is 10.2. The molecule has 0 bridgehead atoms. The van der Waals surface area contributed by atoms with Gasteiger partial charge in [0, 0.05) is 5.56 Å². The van der Waals surface area contributed by atoms with Crippen LogP contribution in [0.1, 0.15) is 6.92 Å². The number of carbonyl (C=O) groups is 1. The van der Waals surface area contributed by atoms with Gasteiger partial charge in [-0.1, -0.05) is 66.2 Å². The van der Waals surface area contributed by atoms with E-state index in [9.17, 15) is 9.90 Å². The molecule has 1 saturated heterocycles. The Kier molecular flexibility index (Phi) is 5.38. The Bertz CT molecular complexity index is 1270. The molecule has 0 radical (unpaired) electrons. The first kappa shape index (κ1) is 20.6. The molecule has 32 heavy (non-hydrogen) atoms. The first-order valence-corrected chi connectivity index (χ1v) is 10.6. The van der Waals surface area contributed by atoms with Crippen molar-refractivity contribution in [3.8, 4) is 28.4 Å². The van der Waals surface area contributed by atoms with Crippen molar-refractivity contribution in [2.45, 2.75) is 25.2 Å². The molecule has 5 rings (SSSR count). The number of halogens is 1. The van der Waals surface area contributed by atoms with E-state index in [1.165, 1.54) is 6.92 Å². The normalized spacial score (nSPS) is 20.5. The Morgan fingerprint density at radius 3 is 2.47 bits per heavy atom. The second-order valence-corrected chi connectivity index (χ2v) is 8.09. The molecule has 2 aromatic heterocycles. The molecule has 0 spiro atoms. The number of nitrogens with zero attached hydrogens (tertiary/aromatic N) is 2. The third kappa shape index (κ3) is 3.86. The van der Waals surface area contributed by atoms with E-state index < -0.39 is 18.3 Å². The van der Waals surface area contributed by atoms with Crippen molar-refractivity contribution in [1.29, 1.82) is 0 Å². The van der Waals surface area contributed by atoms with E-state index in [1.54, 1.807) is 6.07 Å². The summed E-state index contributed by atoms with van der Waals surface area (Å²) in [6.07, 6.45) is -2.65. The Morgan fingerprint density at radius 2 is 1.78 bits per heavy atom. The Morgan fingerprint density at radius 1 is 1.09 bits per heavy atom. The third-order valence-electron chi connectivity index (χ3n) is 5.47. The minimum atomic E-state index is -1.06. The summed E-state index contributed by atoms with van der Waals surface area (Å²) in [7, 11) is 0. The summed E-state index contributed by atoms with van der Waals surface area (Å²) < 4.78 is 11.0. The SMILES string of the molecule is CC(=O)[C@H]1OC[C@@H](Oc2nc3nc(-c4ccc(-c5ccccc5)cc4)c(Cl)cc3[nH]2)[C@@H]1O. The van der Waals surface area contributed by atoms with Gasteiger partial charge >= 0.3 is 0 Å². The smallest absolute Gasteiger partial charge is 0.296 e. The number of fused-ring (bicyclic) bond motifs is 1. The van der Waals surface area contributed by atoms with Gasteiger partial charge < -0.3 is 19.6 Å². The number of aliphatic hydroxyl groups is 1. The molecule has 0 saturated carbocycles. The van der Waals surface area contributed by atoms with Crippen LogP contribution in [0.4, 0.5) is 0 Å². The second-order valence-electron chi connectivity index (χ2n) is 7.69. The highest BCUT2D eigenvalue weighted by Gasteiger charge is 2.40. The molecule has 162 valence electrons. The third-order valence-corrected chi connectivity index (χ3v) is 5.75. The van der Waals surface area contributed by atoms with Gasteiger partial charge in [0.15, 0.2) is 17.5 Å². The zero-order valence-corrected chi connectivity index (χ0v) is 17.9. The van der Waals surface area contributed by atoms with Crippen LogP contribution in [-0.2, 0) is 9.53 Å². The van der Waals surface area contributed by atoms with Crippen LogP contribution in [0, 0.1) is 0 Å². The largest absolute Gasteiger partial charge is 0.456 e. The fraction of sp³-hybridized carbons (Fsp3) is 0.208. The topological polar surface area (TPSA) is 97.3 Å². The average molecular weight is 450 g/mol. The van der Waals surface area contributed by atoms with Crippen molar-refractivity contribution >= 4 is 28.5 Å². The van der Waals surface area contributed by atoms with E-state index in [2.05, 4.69) is 27.1 Å². The molecule has 3 heterocycles. The lowest BCUT2D eigenvalue weighted by molar-refractivity contribution is -0.129. The zero-order valence-electron chi connectivity index (χ0n) is 17.2. The van der Waals surface area contributed by atoms with Gasteiger partial charge in [0.1, 0.15) is 12.2 Å². The molecule has 0 unspecified atom stereocenters. The van der Waals surface area contributed by atoms with Crippen LogP contribution in [-0.4, -0.2) is 50.8 Å². The highest BCUT2D eigenvalue weighted by Crippen LogP contribution is 2.31. The fourth-order valence-electron chi connectivity index (χ4n) is 3.80. The van der Waals surface area contributed by atoms with Gasteiger partial charge in [-0.05, 0) is 24.1 Å². The van der Waals surface area contributed by atoms with Gasteiger partial charge in [-0.3, -0.25) is 4.79 Å². The van der Waals surface area contributed by atoms with Gasteiger partial charge in [0.05, 0.1) is 22.8 Å². The Labute approximate surface area is 189 Å². The van der Waals surface area contributed by atoms with Gasteiger partial charge in [-0.25, -0.2) is 4.98 Å². The number of aromatic amines is 1. The van der Waals surface area contributed by atoms with Gasteiger partial charge in [0.25, 0.3) is 6.01 Å². The number of imidazole rings is 1. The van der Waals surface area contributed by atoms with Crippen LogP contribution in [0.3, 0.4) is 0 Å². The van der Waals surface area contributed by atoms with E-state index in [4.69, 9.17) is 21.1 Å². The van der Waals surface area contributed by atoms with Crippen LogP contribution in [0.25, 0.3) is 33.5 Å². The summed E-state index contributed by atoms with van der Waals surface area (Å²) in [4.78, 5) is 23.5. The standard InChI is InChI=1S/C24H20ClN3O4/c1-13(29)22-21(30)19(12-31-22)32-24-26-18-11-17(25)20(27-23(18)28-24)16-9-7-15(8-10-16)14-5-3-2-4-6-14/h2-11,19,21-22,30H,12H2,1H3,(H,26,27,28)/t19-,21+,22-/m1/s1. The number of aromatic nitrogens is 3. The van der Waals surface area contributed by atoms with E-state index in [1.807, 2.05) is 42.5 Å². The maximum absolute atomic E-state index is 11.5. The van der Waals surface area contributed by atoms with Crippen molar-refractivity contribution in [2.75, 3.05) is 6.61 Å². The minimum absolute atomic E-state index is 0.0929. The van der Waals surface area contributed by atoms with Crippen molar-refractivity contribution in [3.63, 3.8) is 0 Å². The average Bonchev–Trinajstić information content (AvgIpc) is 3.36. The quantitative estimate of drug-likeness (QED) is 0.477. The zero-order chi connectivity index (χ0) is 22.2. The number of ketones is 1. The van der Waals surface area contributed by atoms with E-state index in [0.717, 1.165) is 16.7 Å².